The molecule has 1 aliphatic carbocycles. The van der Waals surface area contributed by atoms with Gasteiger partial charge in [-0.1, -0.05) is 26.0 Å². The maximum atomic E-state index is 11.8. The van der Waals surface area contributed by atoms with Gasteiger partial charge >= 0.3 is 12.1 Å². The molecule has 2 unspecified atom stereocenters. The SMILES string of the molecule is Cc1cc(C2C(C(=O)O)C2(C)C)ccc1NC(=O)OC(C)(C)C. The van der Waals surface area contributed by atoms with E-state index in [-0.39, 0.29) is 17.3 Å². The number of carbonyl (C=O) groups is 2. The van der Waals surface area contributed by atoms with E-state index in [1.165, 1.54) is 0 Å². The summed E-state index contributed by atoms with van der Waals surface area (Å²) in [5, 5.41) is 12.0. The van der Waals surface area contributed by atoms with Crippen LogP contribution in [0.2, 0.25) is 0 Å². The molecule has 1 saturated carbocycles. The average molecular weight is 319 g/mol. The molecule has 0 bridgehead atoms. The Hall–Kier alpha value is -2.04. The van der Waals surface area contributed by atoms with Gasteiger partial charge in [0, 0.05) is 11.6 Å². The Morgan fingerprint density at radius 2 is 1.87 bits per heavy atom. The van der Waals surface area contributed by atoms with Crippen LogP contribution in [-0.4, -0.2) is 22.8 Å². The fourth-order valence-corrected chi connectivity index (χ4v) is 3.15. The molecule has 0 heterocycles. The van der Waals surface area contributed by atoms with Crippen molar-refractivity contribution < 1.29 is 19.4 Å². The summed E-state index contributed by atoms with van der Waals surface area (Å²) in [5.74, 6) is -1.10. The molecule has 2 atom stereocenters. The van der Waals surface area contributed by atoms with Crippen molar-refractivity contribution in [2.24, 2.45) is 11.3 Å². The molecule has 23 heavy (non-hydrogen) atoms. The second-order valence-corrected chi connectivity index (χ2v) is 7.82. The van der Waals surface area contributed by atoms with E-state index in [0.29, 0.717) is 5.69 Å². The number of carboxylic acid groups (broad SMARTS) is 1. The Balaban J connectivity index is 2.14. The van der Waals surface area contributed by atoms with Crippen LogP contribution < -0.4 is 5.32 Å². The van der Waals surface area contributed by atoms with Crippen molar-refractivity contribution >= 4 is 17.7 Å². The molecular formula is C18H25NO4. The predicted octanol–water partition coefficient (Wildman–Crippen LogP) is 4.17. The molecule has 5 heteroatoms. The summed E-state index contributed by atoms with van der Waals surface area (Å²) in [5.41, 5.74) is 1.77. The normalized spacial score (nSPS) is 22.3. The highest BCUT2D eigenvalue weighted by atomic mass is 16.6. The van der Waals surface area contributed by atoms with E-state index in [4.69, 9.17) is 4.74 Å². The molecule has 1 amide bonds. The Morgan fingerprint density at radius 3 is 2.30 bits per heavy atom. The van der Waals surface area contributed by atoms with E-state index in [0.717, 1.165) is 11.1 Å². The molecule has 2 N–H and O–H groups in total. The van der Waals surface area contributed by atoms with Crippen molar-refractivity contribution in [3.8, 4) is 0 Å². The third-order valence-electron chi connectivity index (χ3n) is 4.34. The smallest absolute Gasteiger partial charge is 0.412 e. The highest BCUT2D eigenvalue weighted by molar-refractivity contribution is 5.86. The molecule has 0 aliphatic heterocycles. The highest BCUT2D eigenvalue weighted by Crippen LogP contribution is 2.64. The number of aryl methyl sites for hydroxylation is 1. The van der Waals surface area contributed by atoms with E-state index in [9.17, 15) is 14.7 Å². The van der Waals surface area contributed by atoms with Crippen LogP contribution in [0.15, 0.2) is 18.2 Å². The second kappa shape index (κ2) is 5.55. The molecule has 1 aromatic rings. The largest absolute Gasteiger partial charge is 0.481 e. The van der Waals surface area contributed by atoms with Gasteiger partial charge in [0.15, 0.2) is 0 Å². The van der Waals surface area contributed by atoms with Gasteiger partial charge in [-0.15, -0.1) is 0 Å². The van der Waals surface area contributed by atoms with E-state index >= 15 is 0 Å². The van der Waals surface area contributed by atoms with Crippen molar-refractivity contribution in [1.82, 2.24) is 0 Å². The van der Waals surface area contributed by atoms with Gasteiger partial charge in [0.2, 0.25) is 0 Å². The van der Waals surface area contributed by atoms with Gasteiger partial charge in [0.25, 0.3) is 0 Å². The molecule has 126 valence electrons. The second-order valence-electron chi connectivity index (χ2n) is 7.82. The minimum atomic E-state index is -0.756. The van der Waals surface area contributed by atoms with Crippen molar-refractivity contribution in [2.45, 2.75) is 53.1 Å². The van der Waals surface area contributed by atoms with Gasteiger partial charge in [0.1, 0.15) is 5.60 Å². The molecule has 1 fully saturated rings. The van der Waals surface area contributed by atoms with E-state index in [1.807, 2.05) is 59.7 Å². The van der Waals surface area contributed by atoms with E-state index in [1.54, 1.807) is 0 Å². The number of nitrogens with one attached hydrogen (secondary N) is 1. The summed E-state index contributed by atoms with van der Waals surface area (Å²) in [7, 11) is 0. The number of carboxylic acids is 1. The first-order valence-corrected chi connectivity index (χ1v) is 7.77. The van der Waals surface area contributed by atoms with Crippen LogP contribution in [0.3, 0.4) is 0 Å². The quantitative estimate of drug-likeness (QED) is 0.877. The highest BCUT2D eigenvalue weighted by Gasteiger charge is 2.62. The maximum absolute atomic E-state index is 11.8. The molecule has 1 aliphatic rings. The van der Waals surface area contributed by atoms with Crippen LogP contribution in [0.5, 0.6) is 0 Å². The summed E-state index contributed by atoms with van der Waals surface area (Å²) in [6.07, 6.45) is -0.497. The first-order chi connectivity index (χ1) is 10.4. The summed E-state index contributed by atoms with van der Waals surface area (Å²) in [6.45, 7) is 11.3. The number of amides is 1. The topological polar surface area (TPSA) is 75.6 Å². The van der Waals surface area contributed by atoms with Crippen molar-refractivity contribution in [2.75, 3.05) is 5.32 Å². The molecule has 0 spiro atoms. The number of rotatable bonds is 3. The minimum Gasteiger partial charge on any atom is -0.481 e. The fraction of sp³-hybridized carbons (Fsp3) is 0.556. The average Bonchev–Trinajstić information content (AvgIpc) is 2.92. The van der Waals surface area contributed by atoms with Crippen LogP contribution in [0.1, 0.15) is 51.7 Å². The monoisotopic (exact) mass is 319 g/mol. The van der Waals surface area contributed by atoms with Gasteiger partial charge in [-0.25, -0.2) is 4.79 Å². The third kappa shape index (κ3) is 3.66. The number of ether oxygens (including phenoxy) is 1. The van der Waals surface area contributed by atoms with E-state index < -0.39 is 17.7 Å². The number of hydrogen-bond donors (Lipinski definition) is 2. The molecule has 0 radical (unpaired) electrons. The lowest BCUT2D eigenvalue weighted by molar-refractivity contribution is -0.139. The molecule has 2 rings (SSSR count). The third-order valence-corrected chi connectivity index (χ3v) is 4.34. The maximum Gasteiger partial charge on any atom is 0.412 e. The first-order valence-electron chi connectivity index (χ1n) is 7.77. The van der Waals surface area contributed by atoms with Gasteiger partial charge < -0.3 is 9.84 Å². The van der Waals surface area contributed by atoms with Crippen molar-refractivity contribution in [3.63, 3.8) is 0 Å². The molecule has 1 aromatic carbocycles. The van der Waals surface area contributed by atoms with Crippen LogP contribution in [0.25, 0.3) is 0 Å². The predicted molar refractivity (Wildman–Crippen MR) is 88.7 cm³/mol. The zero-order valence-corrected chi connectivity index (χ0v) is 14.6. The Morgan fingerprint density at radius 1 is 1.26 bits per heavy atom. The fourth-order valence-electron chi connectivity index (χ4n) is 3.15. The lowest BCUT2D eigenvalue weighted by atomic mass is 10.0. The molecule has 0 aromatic heterocycles. The molecular weight excluding hydrogens is 294 g/mol. The van der Waals surface area contributed by atoms with Gasteiger partial charge in [-0.2, -0.15) is 0 Å². The summed E-state index contributed by atoms with van der Waals surface area (Å²) in [6, 6.07) is 5.64. The van der Waals surface area contributed by atoms with Crippen LogP contribution in [0, 0.1) is 18.3 Å². The summed E-state index contributed by atoms with van der Waals surface area (Å²) < 4.78 is 5.24. The number of aliphatic carboxylic acids is 1. The number of hydrogen-bond acceptors (Lipinski definition) is 3. The molecule has 0 saturated heterocycles. The summed E-state index contributed by atoms with van der Waals surface area (Å²) >= 11 is 0. The van der Waals surface area contributed by atoms with E-state index in [2.05, 4.69) is 5.32 Å². The Kier molecular flexibility index (Phi) is 4.18. The van der Waals surface area contributed by atoms with Gasteiger partial charge in [-0.05, 0) is 50.3 Å². The minimum absolute atomic E-state index is 0.00859. The Labute approximate surface area is 137 Å². The number of carbonyl (C=O) groups excluding carboxylic acids is 1. The lowest BCUT2D eigenvalue weighted by Gasteiger charge is -2.20. The van der Waals surface area contributed by atoms with Crippen LogP contribution in [-0.2, 0) is 9.53 Å². The van der Waals surface area contributed by atoms with Gasteiger partial charge in [0.05, 0.1) is 5.92 Å². The summed E-state index contributed by atoms with van der Waals surface area (Å²) in [4.78, 5) is 23.2. The first kappa shape index (κ1) is 17.3. The van der Waals surface area contributed by atoms with Gasteiger partial charge in [-0.3, -0.25) is 10.1 Å². The van der Waals surface area contributed by atoms with Crippen molar-refractivity contribution in [3.05, 3.63) is 29.3 Å². The Bertz CT molecular complexity index is 643. The van der Waals surface area contributed by atoms with Crippen LogP contribution >= 0.6 is 0 Å². The molecule has 5 nitrogen and oxygen atoms in total. The van der Waals surface area contributed by atoms with Crippen LogP contribution in [0.4, 0.5) is 10.5 Å². The lowest BCUT2D eigenvalue weighted by Crippen LogP contribution is -2.27. The standard InChI is InChI=1S/C18H25NO4/c1-10-9-11(13-14(15(20)21)18(13,5)6)7-8-12(10)19-16(22)23-17(2,3)4/h7-9,13-14H,1-6H3,(H,19,22)(H,20,21). The zero-order valence-electron chi connectivity index (χ0n) is 14.6. The number of benzene rings is 1. The van der Waals surface area contributed by atoms with Crippen molar-refractivity contribution in [1.29, 1.82) is 0 Å². The zero-order chi connectivity index (χ0) is 17.6. The number of anilines is 1.